The minimum Gasteiger partial charge on any atom is -0.238 e. The van der Waals surface area contributed by atoms with Gasteiger partial charge in [-0.15, -0.1) is 0 Å². The van der Waals surface area contributed by atoms with Crippen molar-refractivity contribution in [3.8, 4) is 24.3 Å². The van der Waals surface area contributed by atoms with Crippen molar-refractivity contribution in [2.75, 3.05) is 0 Å². The van der Waals surface area contributed by atoms with Crippen LogP contribution in [0.2, 0.25) is 0 Å². The maximum absolute atomic E-state index is 15.2. The molecule has 0 aliphatic heterocycles. The van der Waals surface area contributed by atoms with Crippen LogP contribution in [0.15, 0.2) is 16.7 Å². The monoisotopic (exact) mass is 728 g/mol. The van der Waals surface area contributed by atoms with Gasteiger partial charge >= 0.3 is 18.5 Å². The van der Waals surface area contributed by atoms with E-state index >= 15 is 8.78 Å². The molecular formula is C30H9F13N8. The molecule has 0 atom stereocenters. The smallest absolute Gasteiger partial charge is 0.238 e. The zero-order valence-electron chi connectivity index (χ0n) is 25.0. The molecule has 2 heterocycles. The Morgan fingerprint density at radius 2 is 0.784 bits per heavy atom. The van der Waals surface area contributed by atoms with Crippen molar-refractivity contribution in [3.05, 3.63) is 96.7 Å². The summed E-state index contributed by atoms with van der Waals surface area (Å²) in [7, 11) is 0. The summed E-state index contributed by atoms with van der Waals surface area (Å²) >= 11 is 0. The normalized spacial score (nSPS) is 16.1. The van der Waals surface area contributed by atoms with Crippen LogP contribution in [0.1, 0.15) is 56.7 Å². The summed E-state index contributed by atoms with van der Waals surface area (Å²) in [6.45, 7) is 2.42. The van der Waals surface area contributed by atoms with Crippen LogP contribution in [0.4, 0.5) is 57.1 Å². The lowest BCUT2D eigenvalue weighted by Gasteiger charge is -2.17. The third-order valence-corrected chi connectivity index (χ3v) is 6.93. The molecule has 0 unspecified atom stereocenters. The Balaban J connectivity index is 2.43. The van der Waals surface area contributed by atoms with Crippen molar-refractivity contribution in [1.82, 2.24) is 19.9 Å². The first-order valence-electron chi connectivity index (χ1n) is 13.1. The van der Waals surface area contributed by atoms with Gasteiger partial charge in [0.25, 0.3) is 0 Å². The van der Waals surface area contributed by atoms with Crippen molar-refractivity contribution >= 4 is 16.7 Å². The van der Waals surface area contributed by atoms with E-state index in [1.54, 1.807) is 0 Å². The summed E-state index contributed by atoms with van der Waals surface area (Å²) in [5.74, 6) is -11.6. The Kier molecular flexibility index (Phi) is 9.19. The van der Waals surface area contributed by atoms with E-state index in [0.29, 0.717) is 6.92 Å². The Labute approximate surface area is 275 Å². The zero-order valence-corrected chi connectivity index (χ0v) is 25.0. The SMILES string of the molecule is Cc1nc(C)c(/C(C#N)=C2/C(=C(C#N)c3c(F)c(F)c(C#N)c(F)c3F)/C2=C(/C#N)c2c(C(F)(F)F)nc(C)nc2C(F)(F)F)c(C(F)(F)F)n1. The Morgan fingerprint density at radius 3 is 1.12 bits per heavy atom. The van der Waals surface area contributed by atoms with Crippen molar-refractivity contribution in [1.29, 1.82) is 21.0 Å². The van der Waals surface area contributed by atoms with Crippen molar-refractivity contribution in [3.63, 3.8) is 0 Å². The van der Waals surface area contributed by atoms with Gasteiger partial charge in [-0.25, -0.2) is 37.5 Å². The Hall–Kier alpha value is -6.35. The van der Waals surface area contributed by atoms with E-state index in [1.165, 1.54) is 6.07 Å². The zero-order chi connectivity index (χ0) is 38.7. The summed E-state index contributed by atoms with van der Waals surface area (Å²) in [5.41, 5.74) is -24.0. The maximum atomic E-state index is 15.2. The number of hydrogen-bond donors (Lipinski definition) is 0. The van der Waals surface area contributed by atoms with Crippen LogP contribution >= 0.6 is 0 Å². The van der Waals surface area contributed by atoms with Gasteiger partial charge in [0, 0.05) is 22.3 Å². The highest BCUT2D eigenvalue weighted by molar-refractivity contribution is 6.12. The lowest BCUT2D eigenvalue weighted by Crippen LogP contribution is -2.21. The molecule has 51 heavy (non-hydrogen) atoms. The second-order valence-electron chi connectivity index (χ2n) is 10.1. The molecule has 1 aliphatic rings. The van der Waals surface area contributed by atoms with Gasteiger partial charge in [-0.1, -0.05) is 0 Å². The molecule has 1 fully saturated rings. The summed E-state index contributed by atoms with van der Waals surface area (Å²) < 4.78 is 188. The van der Waals surface area contributed by atoms with Crippen LogP contribution < -0.4 is 0 Å². The predicted octanol–water partition coefficient (Wildman–Crippen LogP) is 7.92. The lowest BCUT2D eigenvalue weighted by molar-refractivity contribution is -0.148. The number of hydrogen-bond acceptors (Lipinski definition) is 8. The van der Waals surface area contributed by atoms with Crippen LogP contribution in [-0.4, -0.2) is 19.9 Å². The topological polar surface area (TPSA) is 147 Å². The standard InChI is InChI=1S/C30H9F13N8/c1-8-15(25(28(35,36)37)49-9(2)48-8)11(4-44)16-17(12(5-45)19-23(33)21(31)14(7-47)22(32)24(19)34)18(16)13(6-46)20-26(29(38,39)40)50-10(3)51-27(20)30(41,42)43/h1-3H3/b16-11-,17-12?,18-13-. The number of aryl methyl sites for hydroxylation is 3. The Morgan fingerprint density at radius 1 is 0.471 bits per heavy atom. The van der Waals surface area contributed by atoms with E-state index in [9.17, 15) is 64.1 Å². The number of halogens is 13. The number of rotatable bonds is 3. The lowest BCUT2D eigenvalue weighted by atomic mass is 9.98. The van der Waals surface area contributed by atoms with Gasteiger partial charge in [-0.05, 0) is 20.8 Å². The van der Waals surface area contributed by atoms with Gasteiger partial charge in [-0.3, -0.25) is 0 Å². The number of allylic oxidation sites excluding steroid dienone is 6. The second kappa shape index (κ2) is 12.5. The van der Waals surface area contributed by atoms with Crippen LogP contribution in [0.3, 0.4) is 0 Å². The van der Waals surface area contributed by atoms with Crippen molar-refractivity contribution < 1.29 is 57.1 Å². The van der Waals surface area contributed by atoms with E-state index in [2.05, 4.69) is 19.9 Å². The predicted molar refractivity (Wildman–Crippen MR) is 142 cm³/mol. The van der Waals surface area contributed by atoms with Crippen LogP contribution in [0, 0.1) is 89.4 Å². The fraction of sp³-hybridized carbons (Fsp3) is 0.200. The van der Waals surface area contributed by atoms with E-state index in [0.717, 1.165) is 32.1 Å². The Bertz CT molecular complexity index is 2270. The maximum Gasteiger partial charge on any atom is 0.434 e. The molecule has 0 saturated heterocycles. The minimum absolute atomic E-state index is 0.558. The molecule has 4 rings (SSSR count). The molecule has 1 aromatic carbocycles. The molecule has 260 valence electrons. The van der Waals surface area contributed by atoms with Gasteiger partial charge in [0.05, 0.1) is 33.5 Å². The average Bonchev–Trinajstić information content (AvgIpc) is 3.72. The first-order valence-corrected chi connectivity index (χ1v) is 13.1. The molecule has 0 N–H and O–H groups in total. The van der Waals surface area contributed by atoms with Gasteiger partial charge in [0.15, 0.2) is 40.4 Å². The van der Waals surface area contributed by atoms with Crippen LogP contribution in [-0.2, 0) is 18.5 Å². The summed E-state index contributed by atoms with van der Waals surface area (Å²) in [6, 6.07) is 3.96. The highest BCUT2D eigenvalue weighted by Crippen LogP contribution is 2.58. The van der Waals surface area contributed by atoms with E-state index in [4.69, 9.17) is 5.26 Å². The number of aromatic nitrogens is 4. The van der Waals surface area contributed by atoms with Gasteiger partial charge in [-0.2, -0.15) is 60.6 Å². The quantitative estimate of drug-likeness (QED) is 0.150. The first-order chi connectivity index (χ1) is 23.5. The molecule has 21 heteroatoms. The third kappa shape index (κ3) is 6.30. The third-order valence-electron chi connectivity index (χ3n) is 6.93. The number of nitriles is 4. The largest absolute Gasteiger partial charge is 0.434 e. The molecule has 0 bridgehead atoms. The number of nitrogens with zero attached hydrogens (tertiary/aromatic N) is 8. The van der Waals surface area contributed by atoms with Gasteiger partial charge < -0.3 is 0 Å². The summed E-state index contributed by atoms with van der Waals surface area (Å²) in [5, 5.41) is 39.0. The fourth-order valence-corrected chi connectivity index (χ4v) is 5.03. The summed E-state index contributed by atoms with van der Waals surface area (Å²) in [6.07, 6.45) is -17.1. The molecular weight excluding hydrogens is 719 g/mol. The summed E-state index contributed by atoms with van der Waals surface area (Å²) in [4.78, 5) is 12.7. The average molecular weight is 728 g/mol. The van der Waals surface area contributed by atoms with Crippen molar-refractivity contribution in [2.45, 2.75) is 39.3 Å². The molecule has 0 radical (unpaired) electrons. The molecule has 8 nitrogen and oxygen atoms in total. The van der Waals surface area contributed by atoms with Crippen LogP contribution in [0.5, 0.6) is 0 Å². The highest BCUT2D eigenvalue weighted by atomic mass is 19.4. The van der Waals surface area contributed by atoms with E-state index in [-0.39, 0.29) is 0 Å². The van der Waals surface area contributed by atoms with E-state index in [1.807, 2.05) is 0 Å². The van der Waals surface area contributed by atoms with Gasteiger partial charge in [0.2, 0.25) is 0 Å². The number of alkyl halides is 9. The first kappa shape index (κ1) is 37.5. The van der Waals surface area contributed by atoms with Crippen molar-refractivity contribution in [2.24, 2.45) is 0 Å². The molecule has 0 spiro atoms. The van der Waals surface area contributed by atoms with Gasteiger partial charge in [0.1, 0.15) is 41.5 Å². The fourth-order valence-electron chi connectivity index (χ4n) is 5.03. The minimum atomic E-state index is -5.84. The van der Waals surface area contributed by atoms with Crippen LogP contribution in [0.25, 0.3) is 16.7 Å². The molecule has 3 aromatic rings. The number of benzene rings is 1. The molecule has 0 amide bonds. The highest BCUT2D eigenvalue weighted by Gasteiger charge is 2.50. The van der Waals surface area contributed by atoms with E-state index < -0.39 is 132 Å². The molecule has 1 aliphatic carbocycles. The molecule has 2 aromatic heterocycles. The molecule has 1 saturated carbocycles. The second-order valence-corrected chi connectivity index (χ2v) is 10.1.